The Morgan fingerprint density at radius 2 is 1.87 bits per heavy atom. The van der Waals surface area contributed by atoms with Crippen LogP contribution in [-0.4, -0.2) is 22.5 Å². The molecule has 0 atom stereocenters. The highest BCUT2D eigenvalue weighted by Crippen LogP contribution is 2.26. The van der Waals surface area contributed by atoms with Gasteiger partial charge in [-0.3, -0.25) is 9.69 Å². The number of hydrogen-bond acceptors (Lipinski definition) is 5. The molecule has 1 aliphatic carbocycles. The highest BCUT2D eigenvalue weighted by Gasteiger charge is 2.21. The van der Waals surface area contributed by atoms with Gasteiger partial charge in [0.05, 0.1) is 19.4 Å². The molecule has 1 aliphatic rings. The van der Waals surface area contributed by atoms with Crippen LogP contribution >= 0.6 is 0 Å². The lowest BCUT2D eigenvalue weighted by Crippen LogP contribution is -2.29. The van der Waals surface area contributed by atoms with Gasteiger partial charge in [0, 0.05) is 19.2 Å². The number of carbonyl (C=O) groups excluding carboxylic acids is 1. The second-order valence-corrected chi connectivity index (χ2v) is 8.24. The van der Waals surface area contributed by atoms with E-state index in [0.717, 1.165) is 17.9 Å². The average Bonchev–Trinajstić information content (AvgIpc) is 3.46. The normalized spacial score (nSPS) is 14.8. The maximum Gasteiger partial charge on any atom is 0.273 e. The van der Waals surface area contributed by atoms with Crippen LogP contribution in [0.5, 0.6) is 0 Å². The van der Waals surface area contributed by atoms with E-state index in [1.165, 1.54) is 44.2 Å². The van der Waals surface area contributed by atoms with Crippen LogP contribution in [0.25, 0.3) is 0 Å². The van der Waals surface area contributed by atoms with Gasteiger partial charge in [-0.15, -0.1) is 0 Å². The second-order valence-electron chi connectivity index (χ2n) is 8.24. The van der Waals surface area contributed by atoms with E-state index in [0.29, 0.717) is 31.3 Å². The van der Waals surface area contributed by atoms with Gasteiger partial charge in [0.1, 0.15) is 11.6 Å². The predicted octanol–water partition coefficient (Wildman–Crippen LogP) is 4.92. The Kier molecular flexibility index (Phi) is 7.14. The highest BCUT2D eigenvalue weighted by atomic mass is 19.1. The van der Waals surface area contributed by atoms with Crippen molar-refractivity contribution in [3.63, 3.8) is 0 Å². The number of hydrogen-bond donors (Lipinski definition) is 1. The van der Waals surface area contributed by atoms with Crippen LogP contribution in [0.1, 0.15) is 59.7 Å². The summed E-state index contributed by atoms with van der Waals surface area (Å²) in [7, 11) is 0. The van der Waals surface area contributed by atoms with E-state index in [-0.39, 0.29) is 17.4 Å². The third kappa shape index (κ3) is 6.28. The number of amides is 1. The Morgan fingerprint density at radius 3 is 2.61 bits per heavy atom. The second kappa shape index (κ2) is 10.4. The van der Waals surface area contributed by atoms with E-state index in [1.54, 1.807) is 24.5 Å². The summed E-state index contributed by atoms with van der Waals surface area (Å²) >= 11 is 0. The van der Waals surface area contributed by atoms with Gasteiger partial charge in [-0.1, -0.05) is 36.6 Å². The SMILES string of the molecule is O=C(NCc1ccc(F)cc1)c1cc(CN(Cc2ccco2)CC2CCCCC2)on1. The number of halogens is 1. The third-order valence-corrected chi connectivity index (χ3v) is 5.74. The summed E-state index contributed by atoms with van der Waals surface area (Å²) in [5, 5.41) is 6.73. The van der Waals surface area contributed by atoms with Crippen molar-refractivity contribution in [2.75, 3.05) is 6.54 Å². The first-order valence-electron chi connectivity index (χ1n) is 10.9. The third-order valence-electron chi connectivity index (χ3n) is 5.74. The number of furan rings is 1. The molecule has 0 spiro atoms. The fraction of sp³-hybridized carbons (Fsp3) is 0.417. The number of carbonyl (C=O) groups is 1. The van der Waals surface area contributed by atoms with Crippen LogP contribution in [0, 0.1) is 11.7 Å². The first-order chi connectivity index (χ1) is 15.2. The molecule has 1 fully saturated rings. The van der Waals surface area contributed by atoms with Crippen molar-refractivity contribution >= 4 is 5.91 Å². The summed E-state index contributed by atoms with van der Waals surface area (Å²) in [6.45, 7) is 2.52. The summed E-state index contributed by atoms with van der Waals surface area (Å²) in [5.41, 5.74) is 1.06. The zero-order valence-electron chi connectivity index (χ0n) is 17.6. The fourth-order valence-electron chi connectivity index (χ4n) is 4.13. The first kappa shape index (κ1) is 21.3. The van der Waals surface area contributed by atoms with E-state index in [9.17, 15) is 9.18 Å². The van der Waals surface area contributed by atoms with Gasteiger partial charge in [0.25, 0.3) is 5.91 Å². The lowest BCUT2D eigenvalue weighted by atomic mass is 9.89. The van der Waals surface area contributed by atoms with Crippen molar-refractivity contribution in [2.24, 2.45) is 5.92 Å². The van der Waals surface area contributed by atoms with Crippen LogP contribution in [0.15, 0.2) is 57.7 Å². The summed E-state index contributed by atoms with van der Waals surface area (Å²) in [4.78, 5) is 14.7. The lowest BCUT2D eigenvalue weighted by Gasteiger charge is -2.28. The standard InChI is InChI=1S/C24H28FN3O3/c25-20-10-8-18(9-11-20)14-26-24(29)23-13-22(31-27-23)17-28(16-21-7-4-12-30-21)15-19-5-2-1-3-6-19/h4,7-13,19H,1-3,5-6,14-17H2,(H,26,29). The molecule has 7 heteroatoms. The number of rotatable bonds is 9. The zero-order valence-corrected chi connectivity index (χ0v) is 17.6. The van der Waals surface area contributed by atoms with Gasteiger partial charge in [0.2, 0.25) is 0 Å². The van der Waals surface area contributed by atoms with Crippen molar-refractivity contribution in [3.05, 3.63) is 77.3 Å². The Morgan fingerprint density at radius 1 is 1.10 bits per heavy atom. The van der Waals surface area contributed by atoms with Crippen molar-refractivity contribution < 1.29 is 18.1 Å². The number of aromatic nitrogens is 1. The van der Waals surface area contributed by atoms with Crippen molar-refractivity contribution in [1.29, 1.82) is 0 Å². The van der Waals surface area contributed by atoms with Crippen LogP contribution in [-0.2, 0) is 19.6 Å². The quantitative estimate of drug-likeness (QED) is 0.527. The van der Waals surface area contributed by atoms with Crippen LogP contribution in [0.4, 0.5) is 4.39 Å². The number of nitrogens with one attached hydrogen (secondary N) is 1. The van der Waals surface area contributed by atoms with Crippen LogP contribution in [0.3, 0.4) is 0 Å². The van der Waals surface area contributed by atoms with E-state index < -0.39 is 0 Å². The molecule has 2 aromatic heterocycles. The maximum absolute atomic E-state index is 13.0. The molecule has 0 aliphatic heterocycles. The Balaban J connectivity index is 1.35. The lowest BCUT2D eigenvalue weighted by molar-refractivity contribution is 0.0941. The minimum Gasteiger partial charge on any atom is -0.468 e. The van der Waals surface area contributed by atoms with Crippen LogP contribution < -0.4 is 5.32 Å². The first-order valence-corrected chi connectivity index (χ1v) is 10.9. The van der Waals surface area contributed by atoms with Gasteiger partial charge in [-0.2, -0.15) is 0 Å². The summed E-state index contributed by atoms with van der Waals surface area (Å²) in [6.07, 6.45) is 8.10. The smallest absolute Gasteiger partial charge is 0.273 e. The van der Waals surface area contributed by atoms with Crippen molar-refractivity contribution in [3.8, 4) is 0 Å². The van der Waals surface area contributed by atoms with E-state index in [4.69, 9.17) is 8.94 Å². The van der Waals surface area contributed by atoms with Gasteiger partial charge < -0.3 is 14.3 Å². The van der Waals surface area contributed by atoms with Gasteiger partial charge in [-0.25, -0.2) is 4.39 Å². The van der Waals surface area contributed by atoms with Crippen LogP contribution in [0.2, 0.25) is 0 Å². The zero-order chi connectivity index (χ0) is 21.5. The molecule has 2 heterocycles. The highest BCUT2D eigenvalue weighted by molar-refractivity contribution is 5.92. The van der Waals surface area contributed by atoms with E-state index >= 15 is 0 Å². The van der Waals surface area contributed by atoms with Crippen molar-refractivity contribution in [2.45, 2.75) is 51.7 Å². The topological polar surface area (TPSA) is 71.5 Å². The molecule has 0 bridgehead atoms. The minimum atomic E-state index is -0.316. The molecular weight excluding hydrogens is 397 g/mol. The number of benzene rings is 1. The summed E-state index contributed by atoms with van der Waals surface area (Å²) in [5.74, 6) is 1.61. The molecular formula is C24H28FN3O3. The summed E-state index contributed by atoms with van der Waals surface area (Å²) in [6, 6.07) is 11.6. The molecule has 1 aromatic carbocycles. The molecule has 3 aromatic rings. The monoisotopic (exact) mass is 425 g/mol. The molecule has 1 amide bonds. The minimum absolute atomic E-state index is 0.243. The average molecular weight is 426 g/mol. The Bertz CT molecular complexity index is 947. The van der Waals surface area contributed by atoms with Gasteiger partial charge >= 0.3 is 0 Å². The molecule has 1 N–H and O–H groups in total. The molecule has 0 unspecified atom stereocenters. The Labute approximate surface area is 181 Å². The molecule has 0 radical (unpaired) electrons. The van der Waals surface area contributed by atoms with Gasteiger partial charge in [0.15, 0.2) is 11.5 Å². The van der Waals surface area contributed by atoms with E-state index in [2.05, 4.69) is 15.4 Å². The Hall–Kier alpha value is -2.93. The molecule has 164 valence electrons. The number of nitrogens with zero attached hydrogens (tertiary/aromatic N) is 2. The molecule has 4 rings (SSSR count). The summed E-state index contributed by atoms with van der Waals surface area (Å²) < 4.78 is 24.0. The van der Waals surface area contributed by atoms with Gasteiger partial charge in [-0.05, 0) is 48.6 Å². The predicted molar refractivity (Wildman–Crippen MR) is 113 cm³/mol. The molecule has 31 heavy (non-hydrogen) atoms. The molecule has 0 saturated heterocycles. The molecule has 1 saturated carbocycles. The van der Waals surface area contributed by atoms with Crippen molar-refractivity contribution in [1.82, 2.24) is 15.4 Å². The van der Waals surface area contributed by atoms with E-state index in [1.807, 2.05) is 12.1 Å². The molecule has 6 nitrogen and oxygen atoms in total. The maximum atomic E-state index is 13.0. The fourth-order valence-corrected chi connectivity index (χ4v) is 4.13. The largest absolute Gasteiger partial charge is 0.468 e.